The summed E-state index contributed by atoms with van der Waals surface area (Å²) in [5.74, 6) is 0.529. The Hall–Kier alpha value is -1.95. The zero-order chi connectivity index (χ0) is 16.6. The van der Waals surface area contributed by atoms with Crippen molar-refractivity contribution in [1.29, 1.82) is 0 Å². The van der Waals surface area contributed by atoms with Gasteiger partial charge in [0.25, 0.3) is 0 Å². The zero-order valence-corrected chi connectivity index (χ0v) is 14.0. The summed E-state index contributed by atoms with van der Waals surface area (Å²) in [5, 5.41) is 0. The minimum atomic E-state index is -0.137. The minimum Gasteiger partial charge on any atom is -0.463 e. The molecule has 128 valence electrons. The first-order chi connectivity index (χ1) is 11.7. The first-order valence-electron chi connectivity index (χ1n) is 8.65. The summed E-state index contributed by atoms with van der Waals surface area (Å²) in [6, 6.07) is 2.25. The number of carbonyl (C=O) groups is 1. The van der Waals surface area contributed by atoms with Crippen LogP contribution >= 0.6 is 0 Å². The minimum absolute atomic E-state index is 0.137. The highest BCUT2D eigenvalue weighted by Crippen LogP contribution is 2.42. The lowest BCUT2D eigenvalue weighted by Gasteiger charge is -2.26. The molecule has 2 aliphatic heterocycles. The third-order valence-corrected chi connectivity index (χ3v) is 5.39. The number of carbonyl (C=O) groups excluding carboxylic acids is 1. The fraction of sp³-hybridized carbons (Fsp3) is 0.611. The van der Waals surface area contributed by atoms with E-state index in [-0.39, 0.29) is 11.3 Å². The van der Waals surface area contributed by atoms with E-state index in [1.54, 1.807) is 6.20 Å². The molecule has 2 saturated heterocycles. The van der Waals surface area contributed by atoms with E-state index in [1.807, 2.05) is 17.9 Å². The van der Waals surface area contributed by atoms with E-state index < -0.39 is 0 Å². The van der Waals surface area contributed by atoms with Crippen molar-refractivity contribution in [3.8, 4) is 6.01 Å². The molecule has 6 heteroatoms. The number of allylic oxidation sites excluding steroid dienone is 1. The lowest BCUT2D eigenvalue weighted by Crippen LogP contribution is -2.38. The quantitative estimate of drug-likeness (QED) is 0.842. The van der Waals surface area contributed by atoms with Crippen LogP contribution in [0, 0.1) is 18.3 Å². The van der Waals surface area contributed by atoms with Crippen LogP contribution in [0.5, 0.6) is 6.01 Å². The van der Waals surface area contributed by atoms with Gasteiger partial charge in [0.1, 0.15) is 6.61 Å². The molecule has 0 saturated carbocycles. The van der Waals surface area contributed by atoms with Gasteiger partial charge in [0.15, 0.2) is 0 Å². The van der Waals surface area contributed by atoms with Crippen LogP contribution in [0.25, 0.3) is 0 Å². The average molecular weight is 329 g/mol. The second-order valence-electron chi connectivity index (χ2n) is 7.15. The van der Waals surface area contributed by atoms with Gasteiger partial charge in [0, 0.05) is 36.5 Å². The Morgan fingerprint density at radius 2 is 2.46 bits per heavy atom. The molecule has 2 fully saturated rings. The Balaban J connectivity index is 1.45. The van der Waals surface area contributed by atoms with Gasteiger partial charge in [-0.25, -0.2) is 9.97 Å². The fourth-order valence-electron chi connectivity index (χ4n) is 3.96. The van der Waals surface area contributed by atoms with Gasteiger partial charge in [0.2, 0.25) is 5.91 Å². The van der Waals surface area contributed by atoms with Gasteiger partial charge >= 0.3 is 6.01 Å². The van der Waals surface area contributed by atoms with Crippen LogP contribution in [0.4, 0.5) is 0 Å². The highest BCUT2D eigenvalue weighted by Gasteiger charge is 2.52. The Morgan fingerprint density at radius 1 is 1.54 bits per heavy atom. The van der Waals surface area contributed by atoms with E-state index in [1.165, 1.54) is 0 Å². The van der Waals surface area contributed by atoms with Gasteiger partial charge in [-0.2, -0.15) is 0 Å². The molecule has 0 unspecified atom stereocenters. The molecule has 1 aromatic heterocycles. The number of fused-ring (bicyclic) bond motifs is 1. The maximum Gasteiger partial charge on any atom is 0.316 e. The third kappa shape index (κ3) is 2.79. The maximum atomic E-state index is 12.7. The Bertz CT molecular complexity index is 675. The number of hydrogen-bond donors (Lipinski definition) is 0. The van der Waals surface area contributed by atoms with Crippen LogP contribution in [0.2, 0.25) is 0 Å². The summed E-state index contributed by atoms with van der Waals surface area (Å²) in [6.45, 7) is 5.19. The van der Waals surface area contributed by atoms with E-state index in [4.69, 9.17) is 9.47 Å². The van der Waals surface area contributed by atoms with Crippen LogP contribution in [-0.2, 0) is 9.53 Å². The Kier molecular flexibility index (Phi) is 4.00. The molecule has 6 nitrogen and oxygen atoms in total. The molecular weight excluding hydrogens is 306 g/mol. The summed E-state index contributed by atoms with van der Waals surface area (Å²) in [7, 11) is 0. The zero-order valence-electron chi connectivity index (χ0n) is 14.0. The Labute approximate surface area is 141 Å². The van der Waals surface area contributed by atoms with Crippen molar-refractivity contribution in [2.75, 3.05) is 32.9 Å². The van der Waals surface area contributed by atoms with E-state index in [0.717, 1.165) is 37.1 Å². The molecule has 1 aliphatic carbocycles. The van der Waals surface area contributed by atoms with Crippen LogP contribution in [0.15, 0.2) is 23.9 Å². The van der Waals surface area contributed by atoms with Gasteiger partial charge in [-0.1, -0.05) is 6.08 Å². The summed E-state index contributed by atoms with van der Waals surface area (Å²) < 4.78 is 11.6. The van der Waals surface area contributed by atoms with Crippen molar-refractivity contribution in [2.45, 2.75) is 26.2 Å². The number of likely N-dealkylation sites (tertiary alicyclic amines) is 1. The molecule has 0 N–H and O–H groups in total. The number of ether oxygens (including phenoxy) is 2. The molecule has 24 heavy (non-hydrogen) atoms. The first-order valence-corrected chi connectivity index (χ1v) is 8.65. The van der Waals surface area contributed by atoms with Gasteiger partial charge < -0.3 is 14.4 Å². The number of hydrogen-bond acceptors (Lipinski definition) is 5. The number of aryl methyl sites for hydroxylation is 1. The van der Waals surface area contributed by atoms with E-state index in [9.17, 15) is 4.79 Å². The predicted molar refractivity (Wildman–Crippen MR) is 87.5 cm³/mol. The van der Waals surface area contributed by atoms with E-state index in [0.29, 0.717) is 38.3 Å². The normalized spacial score (nSPS) is 28.8. The third-order valence-electron chi connectivity index (χ3n) is 5.39. The van der Waals surface area contributed by atoms with Crippen LogP contribution in [-0.4, -0.2) is 53.7 Å². The largest absolute Gasteiger partial charge is 0.463 e. The SMILES string of the molecule is Cc1ccnc(OC[C@@]23COC[C@@H]2CN(C(=O)C2=CCCC2)C3)n1. The maximum absolute atomic E-state index is 12.7. The molecule has 2 atom stereocenters. The van der Waals surface area contributed by atoms with Crippen molar-refractivity contribution in [1.82, 2.24) is 14.9 Å². The Morgan fingerprint density at radius 3 is 3.25 bits per heavy atom. The van der Waals surface area contributed by atoms with Crippen LogP contribution in [0.1, 0.15) is 25.0 Å². The molecule has 0 aromatic carbocycles. The molecule has 4 rings (SSSR count). The molecule has 0 spiro atoms. The molecular formula is C18H23N3O3. The molecule has 3 aliphatic rings. The monoisotopic (exact) mass is 329 g/mol. The molecule has 0 bridgehead atoms. The molecule has 0 radical (unpaired) electrons. The summed E-state index contributed by atoms with van der Waals surface area (Å²) in [4.78, 5) is 23.1. The number of nitrogens with zero attached hydrogens (tertiary/aromatic N) is 3. The standard InChI is InChI=1S/C18H23N3O3/c1-13-6-7-19-17(20-13)24-12-18-10-21(8-15(18)9-23-11-18)16(22)14-4-2-3-5-14/h4,6-7,15H,2-3,5,8-12H2,1H3/t15-,18+/m0/s1. The van der Waals surface area contributed by atoms with E-state index in [2.05, 4.69) is 16.0 Å². The summed E-state index contributed by atoms with van der Waals surface area (Å²) in [5.41, 5.74) is 1.73. The second kappa shape index (κ2) is 6.16. The number of rotatable bonds is 4. The van der Waals surface area contributed by atoms with Gasteiger partial charge in [-0.05, 0) is 32.3 Å². The predicted octanol–water partition coefficient (Wildman–Crippen LogP) is 1.75. The summed E-state index contributed by atoms with van der Waals surface area (Å²) in [6.07, 6.45) is 6.84. The van der Waals surface area contributed by atoms with E-state index >= 15 is 0 Å². The van der Waals surface area contributed by atoms with Gasteiger partial charge in [0.05, 0.1) is 18.6 Å². The average Bonchev–Trinajstić information content (AvgIpc) is 3.28. The number of amides is 1. The van der Waals surface area contributed by atoms with Crippen molar-refractivity contribution in [2.24, 2.45) is 11.3 Å². The topological polar surface area (TPSA) is 64.6 Å². The van der Waals surface area contributed by atoms with Gasteiger partial charge in [-0.15, -0.1) is 0 Å². The van der Waals surface area contributed by atoms with Crippen molar-refractivity contribution in [3.05, 3.63) is 29.6 Å². The van der Waals surface area contributed by atoms with Gasteiger partial charge in [-0.3, -0.25) is 4.79 Å². The molecule has 3 heterocycles. The molecule has 1 amide bonds. The smallest absolute Gasteiger partial charge is 0.316 e. The fourth-order valence-corrected chi connectivity index (χ4v) is 3.96. The van der Waals surface area contributed by atoms with Crippen molar-refractivity contribution < 1.29 is 14.3 Å². The molecule has 1 aromatic rings. The highest BCUT2D eigenvalue weighted by atomic mass is 16.5. The lowest BCUT2D eigenvalue weighted by atomic mass is 9.82. The van der Waals surface area contributed by atoms with Crippen molar-refractivity contribution in [3.63, 3.8) is 0 Å². The number of aromatic nitrogens is 2. The highest BCUT2D eigenvalue weighted by molar-refractivity contribution is 5.94. The van der Waals surface area contributed by atoms with Crippen LogP contribution in [0.3, 0.4) is 0 Å². The van der Waals surface area contributed by atoms with Crippen molar-refractivity contribution >= 4 is 5.91 Å². The second-order valence-corrected chi connectivity index (χ2v) is 7.15. The summed E-state index contributed by atoms with van der Waals surface area (Å²) >= 11 is 0. The first kappa shape index (κ1) is 15.6. The lowest BCUT2D eigenvalue weighted by molar-refractivity contribution is -0.127. The van der Waals surface area contributed by atoms with Crippen LogP contribution < -0.4 is 4.74 Å².